The van der Waals surface area contributed by atoms with Crippen LogP contribution in [0.1, 0.15) is 21.4 Å². The Labute approximate surface area is 110 Å². The molecule has 17 heavy (non-hydrogen) atoms. The number of aryl methyl sites for hydroxylation is 1. The molecule has 1 unspecified atom stereocenters. The van der Waals surface area contributed by atoms with E-state index in [-0.39, 0.29) is 0 Å². The van der Waals surface area contributed by atoms with Gasteiger partial charge in [-0.2, -0.15) is 0 Å². The van der Waals surface area contributed by atoms with Gasteiger partial charge in [-0.15, -0.1) is 11.3 Å². The number of benzene rings is 1. The van der Waals surface area contributed by atoms with Gasteiger partial charge in [-0.05, 0) is 46.6 Å². The molecule has 0 bridgehead atoms. The van der Waals surface area contributed by atoms with Crippen LogP contribution in [0.3, 0.4) is 0 Å². The molecule has 1 aromatic carbocycles. The summed E-state index contributed by atoms with van der Waals surface area (Å²) in [5, 5.41) is 0. The minimum atomic E-state index is -0.873. The average molecular weight is 318 g/mol. The van der Waals surface area contributed by atoms with Gasteiger partial charge in [0.15, 0.2) is 11.6 Å². The first-order valence-electron chi connectivity index (χ1n) is 4.95. The lowest BCUT2D eigenvalue weighted by Crippen LogP contribution is -2.11. The van der Waals surface area contributed by atoms with E-state index in [2.05, 4.69) is 15.9 Å². The van der Waals surface area contributed by atoms with Crippen LogP contribution in [-0.2, 0) is 0 Å². The maximum atomic E-state index is 13.1. The lowest BCUT2D eigenvalue weighted by atomic mass is 10.1. The Balaban J connectivity index is 2.40. The molecule has 1 aromatic heterocycles. The fraction of sp³-hybridized carbons (Fsp3) is 0.167. The zero-order chi connectivity index (χ0) is 12.6. The first kappa shape index (κ1) is 12.7. The van der Waals surface area contributed by atoms with Crippen LogP contribution in [0.25, 0.3) is 0 Å². The van der Waals surface area contributed by atoms with Crippen molar-refractivity contribution in [3.05, 3.63) is 55.7 Å². The molecule has 0 aliphatic rings. The van der Waals surface area contributed by atoms with E-state index in [9.17, 15) is 8.78 Å². The van der Waals surface area contributed by atoms with Crippen LogP contribution in [0.2, 0.25) is 0 Å². The summed E-state index contributed by atoms with van der Waals surface area (Å²) < 4.78 is 26.8. The number of hydrogen-bond acceptors (Lipinski definition) is 2. The van der Waals surface area contributed by atoms with Crippen molar-refractivity contribution in [3.63, 3.8) is 0 Å². The topological polar surface area (TPSA) is 26.0 Å². The summed E-state index contributed by atoms with van der Waals surface area (Å²) in [6, 6.07) is 5.25. The zero-order valence-electron chi connectivity index (χ0n) is 9.01. The standard InChI is InChI=1S/C12H10BrF2NS/c1-6-4-8(13)12(17-6)11(16)7-2-3-9(14)10(15)5-7/h2-5,11H,16H2,1H3. The van der Waals surface area contributed by atoms with Gasteiger partial charge in [0.1, 0.15) is 0 Å². The van der Waals surface area contributed by atoms with Gasteiger partial charge < -0.3 is 5.73 Å². The molecule has 90 valence electrons. The summed E-state index contributed by atoms with van der Waals surface area (Å²) in [7, 11) is 0. The van der Waals surface area contributed by atoms with Gasteiger partial charge in [0.25, 0.3) is 0 Å². The van der Waals surface area contributed by atoms with Crippen LogP contribution in [0.4, 0.5) is 8.78 Å². The summed E-state index contributed by atoms with van der Waals surface area (Å²) >= 11 is 4.95. The Kier molecular flexibility index (Phi) is 3.61. The highest BCUT2D eigenvalue weighted by Gasteiger charge is 2.16. The van der Waals surface area contributed by atoms with E-state index in [4.69, 9.17) is 5.73 Å². The van der Waals surface area contributed by atoms with Crippen molar-refractivity contribution in [2.24, 2.45) is 5.73 Å². The minimum absolute atomic E-state index is 0.446. The monoisotopic (exact) mass is 317 g/mol. The Morgan fingerprint density at radius 1 is 1.24 bits per heavy atom. The molecule has 1 nitrogen and oxygen atoms in total. The van der Waals surface area contributed by atoms with Crippen LogP contribution < -0.4 is 5.73 Å². The minimum Gasteiger partial charge on any atom is -0.320 e. The third kappa shape index (κ3) is 2.56. The highest BCUT2D eigenvalue weighted by molar-refractivity contribution is 9.10. The van der Waals surface area contributed by atoms with Crippen LogP contribution in [0, 0.1) is 18.6 Å². The molecule has 0 saturated heterocycles. The number of halogens is 3. The second-order valence-corrected chi connectivity index (χ2v) is 5.86. The van der Waals surface area contributed by atoms with E-state index in [1.807, 2.05) is 13.0 Å². The van der Waals surface area contributed by atoms with Crippen LogP contribution >= 0.6 is 27.3 Å². The Hall–Kier alpha value is -0.780. The molecule has 2 aromatic rings. The summed E-state index contributed by atoms with van der Waals surface area (Å²) in [4.78, 5) is 2.03. The van der Waals surface area contributed by atoms with Gasteiger partial charge in [0.05, 0.1) is 6.04 Å². The normalized spacial score (nSPS) is 12.8. The van der Waals surface area contributed by atoms with E-state index in [0.717, 1.165) is 26.4 Å². The van der Waals surface area contributed by atoms with Crippen molar-refractivity contribution in [2.45, 2.75) is 13.0 Å². The highest BCUT2D eigenvalue weighted by Crippen LogP contribution is 2.34. The molecule has 0 radical (unpaired) electrons. The molecule has 0 amide bonds. The molecular formula is C12H10BrF2NS. The van der Waals surface area contributed by atoms with Gasteiger partial charge in [0.2, 0.25) is 0 Å². The van der Waals surface area contributed by atoms with E-state index >= 15 is 0 Å². The third-order valence-electron chi connectivity index (χ3n) is 2.42. The third-order valence-corrected chi connectivity index (χ3v) is 4.47. The number of nitrogens with two attached hydrogens (primary N) is 1. The Morgan fingerprint density at radius 3 is 2.47 bits per heavy atom. The van der Waals surface area contributed by atoms with Crippen molar-refractivity contribution in [2.75, 3.05) is 0 Å². The predicted molar refractivity (Wildman–Crippen MR) is 69.1 cm³/mol. The summed E-state index contributed by atoms with van der Waals surface area (Å²) in [6.07, 6.45) is 0. The molecule has 1 heterocycles. The van der Waals surface area contributed by atoms with E-state index < -0.39 is 17.7 Å². The predicted octanol–water partition coefficient (Wildman–Crippen LogP) is 4.15. The van der Waals surface area contributed by atoms with Gasteiger partial charge in [0, 0.05) is 14.2 Å². The maximum Gasteiger partial charge on any atom is 0.159 e. The highest BCUT2D eigenvalue weighted by atomic mass is 79.9. The second-order valence-electron chi connectivity index (χ2n) is 3.72. The number of rotatable bonds is 2. The van der Waals surface area contributed by atoms with E-state index in [1.165, 1.54) is 17.4 Å². The zero-order valence-corrected chi connectivity index (χ0v) is 11.4. The number of hydrogen-bond donors (Lipinski definition) is 1. The van der Waals surface area contributed by atoms with Gasteiger partial charge in [-0.3, -0.25) is 0 Å². The van der Waals surface area contributed by atoms with Crippen LogP contribution in [0.15, 0.2) is 28.7 Å². The van der Waals surface area contributed by atoms with Crippen molar-refractivity contribution in [3.8, 4) is 0 Å². The first-order chi connectivity index (χ1) is 7.99. The molecular weight excluding hydrogens is 308 g/mol. The molecule has 2 rings (SSSR count). The van der Waals surface area contributed by atoms with Crippen molar-refractivity contribution in [1.82, 2.24) is 0 Å². The van der Waals surface area contributed by atoms with Crippen molar-refractivity contribution in [1.29, 1.82) is 0 Å². The molecule has 1 atom stereocenters. The van der Waals surface area contributed by atoms with Crippen LogP contribution in [0.5, 0.6) is 0 Å². The largest absolute Gasteiger partial charge is 0.320 e. The molecule has 0 saturated carbocycles. The smallest absolute Gasteiger partial charge is 0.159 e. The van der Waals surface area contributed by atoms with E-state index in [0.29, 0.717) is 5.56 Å². The second kappa shape index (κ2) is 4.84. The van der Waals surface area contributed by atoms with Crippen LogP contribution in [-0.4, -0.2) is 0 Å². The van der Waals surface area contributed by atoms with Gasteiger partial charge in [-0.25, -0.2) is 8.78 Å². The molecule has 5 heteroatoms. The SMILES string of the molecule is Cc1cc(Br)c(C(N)c2ccc(F)c(F)c2)s1. The quantitative estimate of drug-likeness (QED) is 0.884. The van der Waals surface area contributed by atoms with Crippen molar-refractivity contribution < 1.29 is 8.78 Å². The summed E-state index contributed by atoms with van der Waals surface area (Å²) in [5.74, 6) is -1.73. The fourth-order valence-corrected chi connectivity index (χ4v) is 3.50. The molecule has 0 fully saturated rings. The van der Waals surface area contributed by atoms with Crippen molar-refractivity contribution >= 4 is 27.3 Å². The maximum absolute atomic E-state index is 13.1. The number of thiophene rings is 1. The Morgan fingerprint density at radius 2 is 1.94 bits per heavy atom. The summed E-state index contributed by atoms with van der Waals surface area (Å²) in [5.41, 5.74) is 6.60. The van der Waals surface area contributed by atoms with E-state index in [1.54, 1.807) is 0 Å². The lowest BCUT2D eigenvalue weighted by molar-refractivity contribution is 0.506. The molecule has 0 spiro atoms. The molecule has 2 N–H and O–H groups in total. The van der Waals surface area contributed by atoms with Gasteiger partial charge in [-0.1, -0.05) is 6.07 Å². The molecule has 0 aliphatic carbocycles. The van der Waals surface area contributed by atoms with Gasteiger partial charge >= 0.3 is 0 Å². The molecule has 0 aliphatic heterocycles. The average Bonchev–Trinajstić information content (AvgIpc) is 2.61. The summed E-state index contributed by atoms with van der Waals surface area (Å²) in [6.45, 7) is 1.97. The fourth-order valence-electron chi connectivity index (χ4n) is 1.57. The lowest BCUT2D eigenvalue weighted by Gasteiger charge is -2.11. The first-order valence-corrected chi connectivity index (χ1v) is 6.56. The Bertz CT molecular complexity index is 553.